The summed E-state index contributed by atoms with van der Waals surface area (Å²) in [7, 11) is 0. The van der Waals surface area contributed by atoms with Gasteiger partial charge in [0.1, 0.15) is 0 Å². The van der Waals surface area contributed by atoms with Crippen LogP contribution in [0.3, 0.4) is 0 Å². The van der Waals surface area contributed by atoms with Gasteiger partial charge in [-0.1, -0.05) is 18.2 Å². The zero-order chi connectivity index (χ0) is 13.3. The number of hydrogen-bond acceptors (Lipinski definition) is 2. The quantitative estimate of drug-likeness (QED) is 0.769. The number of benzene rings is 1. The van der Waals surface area contributed by atoms with E-state index in [9.17, 15) is 18.0 Å². The van der Waals surface area contributed by atoms with Gasteiger partial charge in [-0.15, -0.1) is 0 Å². The second-order valence-electron chi connectivity index (χ2n) is 3.48. The summed E-state index contributed by atoms with van der Waals surface area (Å²) in [6.45, 7) is 0. The van der Waals surface area contributed by atoms with Crippen LogP contribution >= 0.6 is 11.6 Å². The molecule has 2 nitrogen and oxygen atoms in total. The number of rotatable bonds is 2. The van der Waals surface area contributed by atoms with Crippen LogP contribution in [0.1, 0.15) is 21.5 Å². The Bertz CT molecular complexity index is 587. The molecule has 94 valence electrons. The standard InChI is InChI=1S/C12H6ClF3O2/c13-11-8(5-6-18-11)10(17)7-3-1-2-4-9(7)12(14,15)16/h1-6H. The molecular weight excluding hydrogens is 269 g/mol. The summed E-state index contributed by atoms with van der Waals surface area (Å²) in [6.07, 6.45) is -3.45. The molecule has 0 bridgehead atoms. The fourth-order valence-electron chi connectivity index (χ4n) is 1.53. The van der Waals surface area contributed by atoms with Crippen LogP contribution in [0.15, 0.2) is 41.0 Å². The van der Waals surface area contributed by atoms with Crippen molar-refractivity contribution in [3.63, 3.8) is 0 Å². The summed E-state index contributed by atoms with van der Waals surface area (Å²) in [5, 5.41) is -0.225. The zero-order valence-electron chi connectivity index (χ0n) is 8.79. The van der Waals surface area contributed by atoms with E-state index in [0.29, 0.717) is 0 Å². The molecule has 1 aromatic heterocycles. The minimum atomic E-state index is -4.59. The minimum absolute atomic E-state index is 0.0895. The smallest absolute Gasteiger partial charge is 0.417 e. The van der Waals surface area contributed by atoms with Crippen molar-refractivity contribution in [2.45, 2.75) is 6.18 Å². The van der Waals surface area contributed by atoms with Gasteiger partial charge in [0, 0.05) is 5.56 Å². The largest absolute Gasteiger partial charge is 0.452 e. The highest BCUT2D eigenvalue weighted by molar-refractivity contribution is 6.33. The Morgan fingerprint density at radius 3 is 2.33 bits per heavy atom. The highest BCUT2D eigenvalue weighted by Crippen LogP contribution is 2.33. The van der Waals surface area contributed by atoms with Crippen molar-refractivity contribution in [3.8, 4) is 0 Å². The van der Waals surface area contributed by atoms with Gasteiger partial charge in [-0.25, -0.2) is 0 Å². The van der Waals surface area contributed by atoms with E-state index in [0.717, 1.165) is 18.4 Å². The Kier molecular flexibility index (Phi) is 3.17. The molecule has 0 aliphatic carbocycles. The van der Waals surface area contributed by atoms with Crippen LogP contribution in [0.4, 0.5) is 13.2 Å². The predicted octanol–water partition coefficient (Wildman–Crippen LogP) is 4.18. The molecule has 0 aliphatic rings. The molecule has 0 saturated carbocycles. The number of ketones is 1. The van der Waals surface area contributed by atoms with Gasteiger partial charge in [0.15, 0.2) is 5.78 Å². The molecule has 0 fully saturated rings. The van der Waals surface area contributed by atoms with Gasteiger partial charge in [0.2, 0.25) is 5.22 Å². The number of alkyl halides is 3. The number of furan rings is 1. The molecule has 0 radical (unpaired) electrons. The van der Waals surface area contributed by atoms with Crippen LogP contribution in [0.5, 0.6) is 0 Å². The zero-order valence-corrected chi connectivity index (χ0v) is 9.55. The lowest BCUT2D eigenvalue weighted by Crippen LogP contribution is -2.13. The molecular formula is C12H6ClF3O2. The van der Waals surface area contributed by atoms with Gasteiger partial charge < -0.3 is 4.42 Å². The van der Waals surface area contributed by atoms with Gasteiger partial charge in [-0.3, -0.25) is 4.79 Å². The molecule has 0 aliphatic heterocycles. The fraction of sp³-hybridized carbons (Fsp3) is 0.0833. The lowest BCUT2D eigenvalue weighted by molar-refractivity contribution is -0.137. The molecule has 0 saturated heterocycles. The maximum atomic E-state index is 12.7. The molecule has 0 spiro atoms. The highest BCUT2D eigenvalue weighted by Gasteiger charge is 2.35. The monoisotopic (exact) mass is 274 g/mol. The third kappa shape index (κ3) is 2.26. The van der Waals surface area contributed by atoms with Crippen molar-refractivity contribution < 1.29 is 22.4 Å². The van der Waals surface area contributed by atoms with Crippen LogP contribution in [-0.2, 0) is 6.18 Å². The Morgan fingerprint density at radius 1 is 1.11 bits per heavy atom. The number of carbonyl (C=O) groups excluding carboxylic acids is 1. The fourth-order valence-corrected chi connectivity index (χ4v) is 1.73. The van der Waals surface area contributed by atoms with E-state index in [1.54, 1.807) is 0 Å². The first-order valence-corrected chi connectivity index (χ1v) is 5.23. The van der Waals surface area contributed by atoms with Crippen molar-refractivity contribution >= 4 is 17.4 Å². The first-order chi connectivity index (χ1) is 8.41. The average Bonchev–Trinajstić information content (AvgIpc) is 2.73. The van der Waals surface area contributed by atoms with E-state index in [-0.39, 0.29) is 10.8 Å². The second kappa shape index (κ2) is 4.49. The predicted molar refractivity (Wildman–Crippen MR) is 58.6 cm³/mol. The summed E-state index contributed by atoms with van der Waals surface area (Å²) >= 11 is 5.58. The van der Waals surface area contributed by atoms with Gasteiger partial charge in [-0.2, -0.15) is 13.2 Å². The van der Waals surface area contributed by atoms with E-state index >= 15 is 0 Å². The third-order valence-electron chi connectivity index (χ3n) is 2.34. The second-order valence-corrected chi connectivity index (χ2v) is 3.82. The topological polar surface area (TPSA) is 30.2 Å². The molecule has 1 aromatic carbocycles. The van der Waals surface area contributed by atoms with E-state index in [1.807, 2.05) is 0 Å². The SMILES string of the molecule is O=C(c1ccccc1C(F)(F)F)c1ccoc1Cl. The third-order valence-corrected chi connectivity index (χ3v) is 2.63. The number of carbonyl (C=O) groups is 1. The normalized spacial score (nSPS) is 11.6. The molecule has 0 N–H and O–H groups in total. The van der Waals surface area contributed by atoms with Gasteiger partial charge in [-0.05, 0) is 23.7 Å². The van der Waals surface area contributed by atoms with E-state index < -0.39 is 23.1 Å². The molecule has 1 heterocycles. The van der Waals surface area contributed by atoms with Crippen molar-refractivity contribution in [2.24, 2.45) is 0 Å². The molecule has 0 atom stereocenters. The van der Waals surface area contributed by atoms with E-state index in [1.165, 1.54) is 18.2 Å². The van der Waals surface area contributed by atoms with Crippen LogP contribution in [-0.4, -0.2) is 5.78 Å². The summed E-state index contributed by atoms with van der Waals surface area (Å²) < 4.78 is 42.9. The Hall–Kier alpha value is -1.75. The summed E-state index contributed by atoms with van der Waals surface area (Å²) in [6, 6.07) is 5.76. The molecule has 2 rings (SSSR count). The van der Waals surface area contributed by atoms with Gasteiger partial charge in [0.25, 0.3) is 0 Å². The van der Waals surface area contributed by atoms with E-state index in [2.05, 4.69) is 0 Å². The minimum Gasteiger partial charge on any atom is -0.452 e. The molecule has 18 heavy (non-hydrogen) atoms. The Morgan fingerprint density at radius 2 is 1.78 bits per heavy atom. The molecule has 2 aromatic rings. The van der Waals surface area contributed by atoms with Crippen LogP contribution < -0.4 is 0 Å². The first kappa shape index (κ1) is 12.7. The highest BCUT2D eigenvalue weighted by atomic mass is 35.5. The summed E-state index contributed by atoms with van der Waals surface area (Å²) in [4.78, 5) is 12.0. The summed E-state index contributed by atoms with van der Waals surface area (Å²) in [5.74, 6) is -0.818. The lowest BCUT2D eigenvalue weighted by Gasteiger charge is -2.10. The first-order valence-electron chi connectivity index (χ1n) is 4.85. The van der Waals surface area contributed by atoms with Crippen molar-refractivity contribution in [1.82, 2.24) is 0 Å². The molecule has 6 heteroatoms. The Balaban J connectivity index is 2.53. The lowest BCUT2D eigenvalue weighted by atomic mass is 10.00. The molecule has 0 unspecified atom stereocenters. The number of hydrogen-bond donors (Lipinski definition) is 0. The van der Waals surface area contributed by atoms with Crippen molar-refractivity contribution in [1.29, 1.82) is 0 Å². The van der Waals surface area contributed by atoms with Crippen LogP contribution in [0.25, 0.3) is 0 Å². The van der Waals surface area contributed by atoms with Crippen molar-refractivity contribution in [3.05, 3.63) is 58.5 Å². The van der Waals surface area contributed by atoms with E-state index in [4.69, 9.17) is 16.0 Å². The molecule has 0 amide bonds. The number of halogens is 4. The van der Waals surface area contributed by atoms with Crippen molar-refractivity contribution in [2.75, 3.05) is 0 Å². The Labute approximate surface area is 105 Å². The average molecular weight is 275 g/mol. The van der Waals surface area contributed by atoms with Crippen LogP contribution in [0, 0.1) is 0 Å². The maximum absolute atomic E-state index is 12.7. The van der Waals surface area contributed by atoms with Gasteiger partial charge in [0.05, 0.1) is 17.4 Å². The van der Waals surface area contributed by atoms with Crippen LogP contribution in [0.2, 0.25) is 5.22 Å². The summed E-state index contributed by atoms with van der Waals surface area (Å²) in [5.41, 5.74) is -1.53. The van der Waals surface area contributed by atoms with Gasteiger partial charge >= 0.3 is 6.18 Å². The maximum Gasteiger partial charge on any atom is 0.417 e.